The largest absolute Gasteiger partial charge is 0.457 e. The number of aryl methyl sites for hydroxylation is 1. The van der Waals surface area contributed by atoms with Crippen LogP contribution in [-0.2, 0) is 14.8 Å². The first-order chi connectivity index (χ1) is 17.2. The number of nitrogens with zero attached hydrogens (tertiary/aromatic N) is 1. The maximum atomic E-state index is 13.6. The van der Waals surface area contributed by atoms with E-state index in [-0.39, 0.29) is 15.6 Å². The molecule has 184 valence electrons. The van der Waals surface area contributed by atoms with E-state index in [1.807, 2.05) is 37.3 Å². The van der Waals surface area contributed by atoms with Crippen LogP contribution >= 0.6 is 23.2 Å². The lowest BCUT2D eigenvalue weighted by atomic mass is 10.2. The predicted octanol–water partition coefficient (Wildman–Crippen LogP) is 6.93. The van der Waals surface area contributed by atoms with E-state index in [9.17, 15) is 13.2 Å². The zero-order valence-electron chi connectivity index (χ0n) is 19.2. The first-order valence-corrected chi connectivity index (χ1v) is 13.1. The number of amides is 1. The molecule has 0 radical (unpaired) electrons. The molecule has 9 heteroatoms. The molecule has 4 aromatic carbocycles. The van der Waals surface area contributed by atoms with E-state index in [0.717, 1.165) is 9.87 Å². The number of ether oxygens (including phenoxy) is 1. The highest BCUT2D eigenvalue weighted by atomic mass is 35.5. The van der Waals surface area contributed by atoms with Crippen LogP contribution < -0.4 is 14.4 Å². The van der Waals surface area contributed by atoms with Gasteiger partial charge >= 0.3 is 0 Å². The van der Waals surface area contributed by atoms with Crippen molar-refractivity contribution in [1.29, 1.82) is 0 Å². The van der Waals surface area contributed by atoms with Crippen LogP contribution in [0.4, 0.5) is 11.4 Å². The molecule has 1 amide bonds. The Kier molecular flexibility index (Phi) is 7.84. The summed E-state index contributed by atoms with van der Waals surface area (Å²) in [6.45, 7) is 1.37. The number of halogens is 2. The number of rotatable bonds is 8. The van der Waals surface area contributed by atoms with E-state index in [0.29, 0.717) is 22.2 Å². The molecular formula is C27H22Cl2N2O4S. The van der Waals surface area contributed by atoms with Crippen molar-refractivity contribution in [2.75, 3.05) is 16.2 Å². The minimum atomic E-state index is -4.08. The highest BCUT2D eigenvalue weighted by molar-refractivity contribution is 7.92. The van der Waals surface area contributed by atoms with Crippen LogP contribution in [0.15, 0.2) is 102 Å². The first-order valence-electron chi connectivity index (χ1n) is 10.9. The summed E-state index contributed by atoms with van der Waals surface area (Å²) in [5, 5.41) is 3.30. The molecule has 0 aliphatic heterocycles. The van der Waals surface area contributed by atoms with Crippen molar-refractivity contribution >= 4 is 50.5 Å². The summed E-state index contributed by atoms with van der Waals surface area (Å²) in [6.07, 6.45) is 0. The van der Waals surface area contributed by atoms with Gasteiger partial charge in [-0.3, -0.25) is 9.10 Å². The smallest absolute Gasteiger partial charge is 0.264 e. The van der Waals surface area contributed by atoms with Gasteiger partial charge in [0.15, 0.2) is 0 Å². The minimum Gasteiger partial charge on any atom is -0.457 e. The highest BCUT2D eigenvalue weighted by Crippen LogP contribution is 2.29. The van der Waals surface area contributed by atoms with E-state index in [4.69, 9.17) is 27.9 Å². The maximum Gasteiger partial charge on any atom is 0.264 e. The third-order valence-electron chi connectivity index (χ3n) is 5.20. The molecule has 1 N–H and O–H groups in total. The van der Waals surface area contributed by atoms with Crippen LogP contribution in [0.1, 0.15) is 5.56 Å². The number of hydrogen-bond acceptors (Lipinski definition) is 4. The number of carbonyl (C=O) groups excluding carboxylic acids is 1. The maximum absolute atomic E-state index is 13.6. The molecule has 0 aromatic heterocycles. The second kappa shape index (κ2) is 11.0. The average Bonchev–Trinajstić information content (AvgIpc) is 2.86. The molecular weight excluding hydrogens is 519 g/mol. The van der Waals surface area contributed by atoms with E-state index in [2.05, 4.69) is 5.32 Å². The van der Waals surface area contributed by atoms with Crippen LogP contribution in [0.3, 0.4) is 0 Å². The third kappa shape index (κ3) is 6.18. The van der Waals surface area contributed by atoms with E-state index < -0.39 is 22.5 Å². The summed E-state index contributed by atoms with van der Waals surface area (Å²) in [6, 6.07) is 26.7. The Balaban J connectivity index is 1.64. The van der Waals surface area contributed by atoms with Crippen molar-refractivity contribution in [2.24, 2.45) is 0 Å². The fourth-order valence-electron chi connectivity index (χ4n) is 3.37. The van der Waals surface area contributed by atoms with Crippen LogP contribution in [0.25, 0.3) is 0 Å². The number of anilines is 2. The zero-order valence-corrected chi connectivity index (χ0v) is 21.5. The number of sulfonamides is 1. The summed E-state index contributed by atoms with van der Waals surface area (Å²) < 4.78 is 34.0. The van der Waals surface area contributed by atoms with Crippen molar-refractivity contribution < 1.29 is 17.9 Å². The van der Waals surface area contributed by atoms with Gasteiger partial charge in [0.25, 0.3) is 10.0 Å². The van der Waals surface area contributed by atoms with Gasteiger partial charge in [0.05, 0.1) is 21.3 Å². The van der Waals surface area contributed by atoms with Crippen LogP contribution in [0, 0.1) is 6.92 Å². The molecule has 36 heavy (non-hydrogen) atoms. The molecule has 4 aromatic rings. The van der Waals surface area contributed by atoms with E-state index in [1.54, 1.807) is 48.5 Å². The van der Waals surface area contributed by atoms with Gasteiger partial charge in [0.2, 0.25) is 5.91 Å². The van der Waals surface area contributed by atoms with Gasteiger partial charge < -0.3 is 10.1 Å². The summed E-state index contributed by atoms with van der Waals surface area (Å²) in [5.41, 5.74) is 1.49. The Morgan fingerprint density at radius 2 is 1.50 bits per heavy atom. The molecule has 6 nitrogen and oxygen atoms in total. The third-order valence-corrected chi connectivity index (χ3v) is 7.56. The summed E-state index contributed by atoms with van der Waals surface area (Å²) in [5.74, 6) is 0.583. The van der Waals surface area contributed by atoms with Crippen molar-refractivity contribution in [3.05, 3.63) is 113 Å². The topological polar surface area (TPSA) is 75.7 Å². The van der Waals surface area contributed by atoms with Crippen LogP contribution in [0.2, 0.25) is 10.0 Å². The van der Waals surface area contributed by atoms with Crippen molar-refractivity contribution in [3.8, 4) is 11.5 Å². The molecule has 0 unspecified atom stereocenters. The SMILES string of the molecule is Cc1ccc(S(=O)(=O)N(CC(=O)Nc2cc(Cl)ccc2Cl)c2ccc(Oc3ccccc3)cc2)cc1. The van der Waals surface area contributed by atoms with E-state index in [1.165, 1.54) is 18.2 Å². The lowest BCUT2D eigenvalue weighted by Gasteiger charge is -2.24. The molecule has 0 saturated carbocycles. The molecule has 0 atom stereocenters. The van der Waals surface area contributed by atoms with Gasteiger partial charge in [-0.2, -0.15) is 0 Å². The minimum absolute atomic E-state index is 0.0614. The normalized spacial score (nSPS) is 11.1. The number of carbonyl (C=O) groups is 1. The Labute approximate surface area is 220 Å². The molecule has 0 spiro atoms. The Bertz CT molecular complexity index is 1460. The molecule has 0 aliphatic carbocycles. The lowest BCUT2D eigenvalue weighted by molar-refractivity contribution is -0.114. The van der Waals surface area contributed by atoms with Gasteiger partial charge in [-0.25, -0.2) is 8.42 Å². The number of para-hydroxylation sites is 1. The summed E-state index contributed by atoms with van der Waals surface area (Å²) in [4.78, 5) is 13.0. The fraction of sp³-hybridized carbons (Fsp3) is 0.0741. The van der Waals surface area contributed by atoms with Crippen molar-refractivity contribution in [1.82, 2.24) is 0 Å². The fourth-order valence-corrected chi connectivity index (χ4v) is 5.13. The van der Waals surface area contributed by atoms with Gasteiger partial charge in [-0.1, -0.05) is 59.1 Å². The van der Waals surface area contributed by atoms with Gasteiger partial charge in [0, 0.05) is 5.02 Å². The Morgan fingerprint density at radius 1 is 0.861 bits per heavy atom. The molecule has 0 aliphatic rings. The summed E-state index contributed by atoms with van der Waals surface area (Å²) in [7, 11) is -4.08. The van der Waals surface area contributed by atoms with E-state index >= 15 is 0 Å². The molecule has 4 rings (SSSR count). The molecule has 0 bridgehead atoms. The molecule has 0 heterocycles. The predicted molar refractivity (Wildman–Crippen MR) is 144 cm³/mol. The molecule has 0 fully saturated rings. The highest BCUT2D eigenvalue weighted by Gasteiger charge is 2.27. The quantitative estimate of drug-likeness (QED) is 0.263. The van der Waals surface area contributed by atoms with Gasteiger partial charge in [-0.15, -0.1) is 0 Å². The van der Waals surface area contributed by atoms with Gasteiger partial charge in [-0.05, 0) is 73.7 Å². The standard InChI is InChI=1S/C27H22Cl2N2O4S/c1-19-7-14-24(15-8-19)36(33,34)31(18-27(32)30-26-17-20(28)9-16-25(26)29)21-10-12-23(13-11-21)35-22-5-3-2-4-6-22/h2-17H,18H2,1H3,(H,30,32). The van der Waals surface area contributed by atoms with Crippen LogP contribution in [-0.4, -0.2) is 20.9 Å². The number of benzene rings is 4. The first kappa shape index (κ1) is 25.6. The van der Waals surface area contributed by atoms with Crippen molar-refractivity contribution in [3.63, 3.8) is 0 Å². The number of nitrogens with one attached hydrogen (secondary N) is 1. The second-order valence-electron chi connectivity index (χ2n) is 7.91. The Hall–Kier alpha value is -3.52. The lowest BCUT2D eigenvalue weighted by Crippen LogP contribution is -2.38. The second-order valence-corrected chi connectivity index (χ2v) is 10.6. The zero-order chi connectivity index (χ0) is 25.7. The van der Waals surface area contributed by atoms with Gasteiger partial charge in [0.1, 0.15) is 18.0 Å². The number of hydrogen-bond donors (Lipinski definition) is 1. The van der Waals surface area contributed by atoms with Crippen molar-refractivity contribution in [2.45, 2.75) is 11.8 Å². The monoisotopic (exact) mass is 540 g/mol. The molecule has 0 saturated heterocycles. The Morgan fingerprint density at radius 3 is 2.17 bits per heavy atom. The average molecular weight is 541 g/mol. The summed E-state index contributed by atoms with van der Waals surface area (Å²) >= 11 is 12.2. The van der Waals surface area contributed by atoms with Crippen LogP contribution in [0.5, 0.6) is 11.5 Å².